The topological polar surface area (TPSA) is 73.9 Å². The number of nitrogens with zero attached hydrogens (tertiary/aromatic N) is 2. The first-order valence-corrected chi connectivity index (χ1v) is 8.69. The Bertz CT molecular complexity index is 612. The van der Waals surface area contributed by atoms with Crippen LogP contribution in [0.1, 0.15) is 31.0 Å². The number of ether oxygens (including phenoxy) is 1. The molecule has 1 saturated heterocycles. The molecule has 0 aliphatic carbocycles. The molecule has 1 unspecified atom stereocenters. The van der Waals surface area contributed by atoms with Gasteiger partial charge in [0.1, 0.15) is 5.75 Å². The average Bonchev–Trinajstić information content (AvgIpc) is 2.58. The van der Waals surface area contributed by atoms with Crippen LogP contribution in [0.3, 0.4) is 0 Å². The number of hydrazine groups is 1. The molecule has 1 aromatic rings. The van der Waals surface area contributed by atoms with E-state index in [-0.39, 0.29) is 6.04 Å². The van der Waals surface area contributed by atoms with E-state index >= 15 is 0 Å². The molecule has 0 spiro atoms. The molecule has 0 radical (unpaired) electrons. The third-order valence-electron chi connectivity index (χ3n) is 4.25. The van der Waals surface area contributed by atoms with Crippen molar-refractivity contribution >= 4 is 11.8 Å². The molecule has 1 atom stereocenters. The van der Waals surface area contributed by atoms with Crippen LogP contribution in [-0.2, 0) is 9.59 Å². The summed E-state index contributed by atoms with van der Waals surface area (Å²) >= 11 is 0. The molecule has 2 rings (SSSR count). The standard InChI is InChI=1S/C18H28N4O3/c1-5-25-16-7-6-13(2)12-15(16)14(3)19-17(23)18(24)20-22-10-8-21(4)9-11-22/h6-7,12,14H,5,8-11H2,1-4H3,(H,19,23)(H,20,24). The summed E-state index contributed by atoms with van der Waals surface area (Å²) < 4.78 is 5.62. The second-order valence-electron chi connectivity index (χ2n) is 6.40. The van der Waals surface area contributed by atoms with Crippen molar-refractivity contribution in [1.29, 1.82) is 0 Å². The van der Waals surface area contributed by atoms with Gasteiger partial charge in [-0.05, 0) is 33.9 Å². The molecule has 2 amide bonds. The first kappa shape index (κ1) is 19.2. The summed E-state index contributed by atoms with van der Waals surface area (Å²) in [6.45, 7) is 9.41. The highest BCUT2D eigenvalue weighted by molar-refractivity contribution is 6.35. The van der Waals surface area contributed by atoms with Gasteiger partial charge < -0.3 is 15.0 Å². The van der Waals surface area contributed by atoms with Crippen LogP contribution in [0.25, 0.3) is 0 Å². The zero-order valence-electron chi connectivity index (χ0n) is 15.5. The summed E-state index contributed by atoms with van der Waals surface area (Å²) in [6.07, 6.45) is 0. The van der Waals surface area contributed by atoms with Crippen LogP contribution in [0.4, 0.5) is 0 Å². The SMILES string of the molecule is CCOc1ccc(C)cc1C(C)NC(=O)C(=O)NN1CCN(C)CC1. The number of amides is 2. The third-order valence-corrected chi connectivity index (χ3v) is 4.25. The van der Waals surface area contributed by atoms with Crippen molar-refractivity contribution in [2.24, 2.45) is 0 Å². The largest absolute Gasteiger partial charge is 0.494 e. The van der Waals surface area contributed by atoms with E-state index in [2.05, 4.69) is 15.6 Å². The van der Waals surface area contributed by atoms with E-state index < -0.39 is 11.8 Å². The molecule has 1 aliphatic heterocycles. The number of benzene rings is 1. The van der Waals surface area contributed by atoms with Crippen molar-refractivity contribution in [2.75, 3.05) is 39.8 Å². The monoisotopic (exact) mass is 348 g/mol. The van der Waals surface area contributed by atoms with Crippen LogP contribution in [0.15, 0.2) is 18.2 Å². The Morgan fingerprint density at radius 2 is 1.88 bits per heavy atom. The Labute approximate surface area is 149 Å². The average molecular weight is 348 g/mol. The minimum atomic E-state index is -0.643. The van der Waals surface area contributed by atoms with E-state index in [4.69, 9.17) is 4.74 Å². The molecular weight excluding hydrogens is 320 g/mol. The molecule has 7 heteroatoms. The van der Waals surface area contributed by atoms with Gasteiger partial charge in [-0.2, -0.15) is 0 Å². The smallest absolute Gasteiger partial charge is 0.323 e. The second-order valence-corrected chi connectivity index (χ2v) is 6.40. The van der Waals surface area contributed by atoms with E-state index in [1.54, 1.807) is 5.01 Å². The summed E-state index contributed by atoms with van der Waals surface area (Å²) in [5.74, 6) is -0.558. The van der Waals surface area contributed by atoms with Crippen molar-refractivity contribution in [3.63, 3.8) is 0 Å². The van der Waals surface area contributed by atoms with Gasteiger partial charge in [-0.3, -0.25) is 15.0 Å². The minimum absolute atomic E-state index is 0.327. The van der Waals surface area contributed by atoms with Crippen molar-refractivity contribution in [2.45, 2.75) is 26.8 Å². The first-order valence-electron chi connectivity index (χ1n) is 8.69. The van der Waals surface area contributed by atoms with E-state index in [0.29, 0.717) is 19.7 Å². The Morgan fingerprint density at radius 1 is 1.20 bits per heavy atom. The van der Waals surface area contributed by atoms with Crippen LogP contribution in [0.2, 0.25) is 0 Å². The number of hydrogen-bond acceptors (Lipinski definition) is 5. The van der Waals surface area contributed by atoms with Crippen molar-refractivity contribution in [3.8, 4) is 5.75 Å². The summed E-state index contributed by atoms with van der Waals surface area (Å²) in [5.41, 5.74) is 4.61. The molecule has 138 valence electrons. The maximum absolute atomic E-state index is 12.2. The Morgan fingerprint density at radius 3 is 2.52 bits per heavy atom. The number of hydrogen-bond donors (Lipinski definition) is 2. The second kappa shape index (κ2) is 8.82. The number of carbonyl (C=O) groups excluding carboxylic acids is 2. The van der Waals surface area contributed by atoms with Gasteiger partial charge in [0.15, 0.2) is 0 Å². The summed E-state index contributed by atoms with van der Waals surface area (Å²) in [4.78, 5) is 26.5. The van der Waals surface area contributed by atoms with Gasteiger partial charge >= 0.3 is 11.8 Å². The maximum Gasteiger partial charge on any atom is 0.323 e. The fourth-order valence-electron chi connectivity index (χ4n) is 2.75. The van der Waals surface area contributed by atoms with Crippen molar-refractivity contribution in [1.82, 2.24) is 20.7 Å². The van der Waals surface area contributed by atoms with Gasteiger partial charge in [0.05, 0.1) is 12.6 Å². The molecule has 2 N–H and O–H groups in total. The van der Waals surface area contributed by atoms with Crippen LogP contribution < -0.4 is 15.5 Å². The zero-order valence-corrected chi connectivity index (χ0v) is 15.5. The lowest BCUT2D eigenvalue weighted by Gasteiger charge is -2.32. The Hall–Kier alpha value is -2.12. The number of carbonyl (C=O) groups is 2. The minimum Gasteiger partial charge on any atom is -0.494 e. The first-order chi connectivity index (χ1) is 11.9. The van der Waals surface area contributed by atoms with Crippen LogP contribution in [-0.4, -0.2) is 61.6 Å². The van der Waals surface area contributed by atoms with Gasteiger partial charge in [-0.25, -0.2) is 5.01 Å². The highest BCUT2D eigenvalue weighted by atomic mass is 16.5. The van der Waals surface area contributed by atoms with Gasteiger partial charge in [-0.15, -0.1) is 0 Å². The number of aryl methyl sites for hydroxylation is 1. The molecule has 1 heterocycles. The molecule has 0 aromatic heterocycles. The maximum atomic E-state index is 12.2. The van der Waals surface area contributed by atoms with Gasteiger partial charge in [0.25, 0.3) is 0 Å². The van der Waals surface area contributed by atoms with Crippen molar-refractivity contribution < 1.29 is 14.3 Å². The Balaban J connectivity index is 1.95. The molecule has 0 bridgehead atoms. The highest BCUT2D eigenvalue weighted by Crippen LogP contribution is 2.26. The van der Waals surface area contributed by atoms with E-state index in [1.807, 2.05) is 46.0 Å². The van der Waals surface area contributed by atoms with Crippen LogP contribution in [0.5, 0.6) is 5.75 Å². The lowest BCUT2D eigenvalue weighted by molar-refractivity contribution is -0.143. The lowest BCUT2D eigenvalue weighted by atomic mass is 10.0. The quantitative estimate of drug-likeness (QED) is 0.772. The normalized spacial score (nSPS) is 17.0. The van der Waals surface area contributed by atoms with Crippen LogP contribution in [0, 0.1) is 6.92 Å². The summed E-state index contributed by atoms with van der Waals surface area (Å²) in [6, 6.07) is 5.49. The summed E-state index contributed by atoms with van der Waals surface area (Å²) in [5, 5.41) is 4.53. The molecular formula is C18H28N4O3. The van der Waals surface area contributed by atoms with E-state index in [9.17, 15) is 9.59 Å². The third kappa shape index (κ3) is 5.44. The van der Waals surface area contributed by atoms with E-state index in [1.165, 1.54) is 0 Å². The number of likely N-dealkylation sites (N-methyl/N-ethyl adjacent to an activating group) is 1. The molecule has 7 nitrogen and oxygen atoms in total. The van der Waals surface area contributed by atoms with Gasteiger partial charge in [-0.1, -0.05) is 17.7 Å². The number of piperazine rings is 1. The molecule has 25 heavy (non-hydrogen) atoms. The zero-order chi connectivity index (χ0) is 18.4. The molecule has 1 aliphatic rings. The molecule has 1 fully saturated rings. The lowest BCUT2D eigenvalue weighted by Crippen LogP contribution is -2.55. The number of nitrogens with one attached hydrogen (secondary N) is 2. The predicted octanol–water partition coefficient (Wildman–Crippen LogP) is 0.850. The van der Waals surface area contributed by atoms with E-state index in [0.717, 1.165) is 30.0 Å². The number of rotatable bonds is 5. The molecule has 0 saturated carbocycles. The van der Waals surface area contributed by atoms with Gasteiger partial charge in [0, 0.05) is 31.7 Å². The fourth-order valence-corrected chi connectivity index (χ4v) is 2.75. The highest BCUT2D eigenvalue weighted by Gasteiger charge is 2.22. The Kier molecular flexibility index (Phi) is 6.78. The predicted molar refractivity (Wildman–Crippen MR) is 96.1 cm³/mol. The summed E-state index contributed by atoms with van der Waals surface area (Å²) in [7, 11) is 2.03. The molecule has 1 aromatic carbocycles. The fraction of sp³-hybridized carbons (Fsp3) is 0.556. The van der Waals surface area contributed by atoms with Crippen molar-refractivity contribution in [3.05, 3.63) is 29.3 Å². The van der Waals surface area contributed by atoms with Crippen LogP contribution >= 0.6 is 0 Å². The van der Waals surface area contributed by atoms with Gasteiger partial charge in [0.2, 0.25) is 0 Å².